The van der Waals surface area contributed by atoms with E-state index in [0.29, 0.717) is 35.6 Å². The molecule has 4 N–H and O–H groups in total. The number of likely N-dealkylation sites (N-methyl/N-ethyl adjacent to an activating group) is 1. The van der Waals surface area contributed by atoms with Crippen LogP contribution >= 0.6 is 0 Å². The molecule has 2 aromatic carbocycles. The Balaban J connectivity index is 1.43. The first-order chi connectivity index (χ1) is 19.9. The second-order valence-electron chi connectivity index (χ2n) is 12.0. The number of aryl methyl sites for hydroxylation is 1. The molecule has 6 atom stereocenters. The fraction of sp³-hybridized carbons (Fsp3) is 0.467. The zero-order chi connectivity index (χ0) is 30.4. The number of ether oxygens (including phenoxy) is 1. The minimum atomic E-state index is -2.85. The molecule has 2 aliphatic heterocycles. The summed E-state index contributed by atoms with van der Waals surface area (Å²) >= 11 is 0. The molecule has 3 heterocycles. The molecule has 0 aliphatic carbocycles. The predicted octanol–water partition coefficient (Wildman–Crippen LogP) is 2.59. The van der Waals surface area contributed by atoms with Crippen LogP contribution in [0.4, 0.5) is 11.4 Å². The number of nitrogens with one attached hydrogen (secondary N) is 1. The van der Waals surface area contributed by atoms with E-state index in [-0.39, 0.29) is 29.9 Å². The standard InChI is InChI=1S/C30H39N5O6Si/c1-18-27(42(4,5)40)26(13-14-35-16-24(32-33-35)22(17-36)20-9-7-6-8-10-20)41-30(18)23-15-21(31-28(38)19(2)37)11-12-25(23)34(3)29(30)39/h6-12,15-16,18-19,22,26-27,36-37,40H,13-14,17H2,1-5H3,(H,31,38)/t18-,19-,22?,26+,27-,30+/m0/s1. The quantitative estimate of drug-likeness (QED) is 0.277. The van der Waals surface area contributed by atoms with E-state index in [1.165, 1.54) is 6.92 Å². The van der Waals surface area contributed by atoms with Gasteiger partial charge in [-0.25, -0.2) is 0 Å². The van der Waals surface area contributed by atoms with E-state index in [2.05, 4.69) is 15.6 Å². The van der Waals surface area contributed by atoms with Gasteiger partial charge in [0.1, 0.15) is 6.10 Å². The first kappa shape index (κ1) is 30.0. The van der Waals surface area contributed by atoms with E-state index < -0.39 is 32.0 Å². The van der Waals surface area contributed by atoms with Crippen LogP contribution in [0.15, 0.2) is 54.7 Å². The Kier molecular flexibility index (Phi) is 8.11. The van der Waals surface area contributed by atoms with Crippen molar-refractivity contribution in [2.45, 2.75) is 69.2 Å². The molecule has 0 bridgehead atoms. The molecule has 5 rings (SSSR count). The van der Waals surface area contributed by atoms with Gasteiger partial charge in [-0.2, -0.15) is 0 Å². The molecule has 1 unspecified atom stereocenters. The Morgan fingerprint density at radius 3 is 2.57 bits per heavy atom. The molecule has 3 aromatic rings. The summed E-state index contributed by atoms with van der Waals surface area (Å²) in [6.45, 7) is 7.41. The number of hydrogen-bond acceptors (Lipinski definition) is 8. The summed E-state index contributed by atoms with van der Waals surface area (Å²) in [5.41, 5.74) is 1.76. The van der Waals surface area contributed by atoms with Crippen molar-refractivity contribution in [3.05, 3.63) is 71.5 Å². The lowest BCUT2D eigenvalue weighted by Crippen LogP contribution is -2.45. The summed E-state index contributed by atoms with van der Waals surface area (Å²) in [6.07, 6.45) is 0.669. The Morgan fingerprint density at radius 2 is 1.93 bits per heavy atom. The SMILES string of the molecule is C[C@H](O)C(=O)Nc1ccc2c(c1)[C@@]1(O[C@H](CCn3cc(C(CO)c4ccccc4)nn3)[C@@H]([Si](C)(C)O)[C@@H]1C)C(=O)N2C. The van der Waals surface area contributed by atoms with Crippen LogP contribution in [0.5, 0.6) is 0 Å². The maximum Gasteiger partial charge on any atom is 0.264 e. The third-order valence-corrected chi connectivity index (χ3v) is 11.2. The van der Waals surface area contributed by atoms with Crippen molar-refractivity contribution in [2.24, 2.45) is 5.92 Å². The Hall–Kier alpha value is -3.42. The molecule has 2 aliphatic rings. The zero-order valence-electron chi connectivity index (χ0n) is 24.6. The van der Waals surface area contributed by atoms with Gasteiger partial charge in [-0.05, 0) is 50.2 Å². The van der Waals surface area contributed by atoms with Gasteiger partial charge in [-0.15, -0.1) is 5.10 Å². The van der Waals surface area contributed by atoms with Crippen LogP contribution in [0.25, 0.3) is 0 Å². The van der Waals surface area contributed by atoms with E-state index in [0.717, 1.165) is 5.56 Å². The Bertz CT molecular complexity index is 1460. The molecule has 1 aromatic heterocycles. The molecule has 42 heavy (non-hydrogen) atoms. The monoisotopic (exact) mass is 593 g/mol. The topological polar surface area (TPSA) is 150 Å². The number of hydrogen-bond donors (Lipinski definition) is 4. The van der Waals surface area contributed by atoms with Gasteiger partial charge in [0.05, 0.1) is 30.0 Å². The second-order valence-corrected chi connectivity index (χ2v) is 15.9. The largest absolute Gasteiger partial charge is 0.432 e. The van der Waals surface area contributed by atoms with Crippen LogP contribution in [0, 0.1) is 5.92 Å². The molecule has 12 heteroatoms. The first-order valence-corrected chi connectivity index (χ1v) is 17.3. The van der Waals surface area contributed by atoms with Gasteiger partial charge in [-0.1, -0.05) is 42.5 Å². The highest BCUT2D eigenvalue weighted by Gasteiger charge is 2.65. The third-order valence-electron chi connectivity index (χ3n) is 8.70. The van der Waals surface area contributed by atoms with Crippen LogP contribution in [0.3, 0.4) is 0 Å². The fourth-order valence-electron chi connectivity index (χ4n) is 6.67. The van der Waals surface area contributed by atoms with E-state index in [1.54, 1.807) is 34.8 Å². The maximum absolute atomic E-state index is 13.9. The molecule has 0 saturated carbocycles. The van der Waals surface area contributed by atoms with Gasteiger partial charge in [0, 0.05) is 42.5 Å². The minimum absolute atomic E-state index is 0.102. The Labute approximate surface area is 246 Å². The number of aliphatic hydroxyl groups is 2. The number of anilines is 2. The van der Waals surface area contributed by atoms with E-state index in [9.17, 15) is 24.6 Å². The van der Waals surface area contributed by atoms with Gasteiger partial charge in [0.15, 0.2) is 13.9 Å². The maximum atomic E-state index is 13.9. The van der Waals surface area contributed by atoms with Crippen LogP contribution in [0.1, 0.15) is 43.0 Å². The minimum Gasteiger partial charge on any atom is -0.432 e. The van der Waals surface area contributed by atoms with Crippen molar-refractivity contribution in [2.75, 3.05) is 23.9 Å². The highest BCUT2D eigenvalue weighted by molar-refractivity contribution is 6.71. The van der Waals surface area contributed by atoms with Crippen molar-refractivity contribution in [1.29, 1.82) is 0 Å². The fourth-order valence-corrected chi connectivity index (χ4v) is 9.28. The molecular formula is C30H39N5O6Si. The van der Waals surface area contributed by atoms with E-state index >= 15 is 0 Å². The van der Waals surface area contributed by atoms with E-state index in [1.807, 2.05) is 56.5 Å². The lowest BCUT2D eigenvalue weighted by atomic mass is 9.82. The van der Waals surface area contributed by atoms with Crippen molar-refractivity contribution in [1.82, 2.24) is 15.0 Å². The number of carbonyl (C=O) groups is 2. The molecule has 2 amide bonds. The van der Waals surface area contributed by atoms with Crippen molar-refractivity contribution in [3.8, 4) is 0 Å². The van der Waals surface area contributed by atoms with Crippen LogP contribution in [0.2, 0.25) is 18.6 Å². The average Bonchev–Trinajstić information content (AvgIpc) is 3.59. The lowest BCUT2D eigenvalue weighted by Gasteiger charge is -2.32. The van der Waals surface area contributed by atoms with E-state index in [4.69, 9.17) is 4.74 Å². The number of aromatic nitrogens is 3. The molecular weight excluding hydrogens is 554 g/mol. The average molecular weight is 594 g/mol. The third kappa shape index (κ3) is 5.18. The first-order valence-electron chi connectivity index (χ1n) is 14.3. The summed E-state index contributed by atoms with van der Waals surface area (Å²) in [4.78, 5) is 39.2. The summed E-state index contributed by atoms with van der Waals surface area (Å²) < 4.78 is 8.48. The normalized spacial score (nSPS) is 25.1. The number of benzene rings is 2. The summed E-state index contributed by atoms with van der Waals surface area (Å²) in [6, 6.07) is 14.8. The van der Waals surface area contributed by atoms with Crippen molar-refractivity contribution >= 4 is 31.5 Å². The van der Waals surface area contributed by atoms with Crippen LogP contribution in [-0.2, 0) is 26.5 Å². The highest BCUT2D eigenvalue weighted by atomic mass is 28.4. The Morgan fingerprint density at radius 1 is 1.21 bits per heavy atom. The molecule has 1 fully saturated rings. The van der Waals surface area contributed by atoms with Crippen LogP contribution in [-0.4, -0.2) is 76.0 Å². The molecule has 1 saturated heterocycles. The molecule has 0 radical (unpaired) electrons. The highest BCUT2D eigenvalue weighted by Crippen LogP contribution is 2.59. The van der Waals surface area contributed by atoms with Gasteiger partial charge in [0.2, 0.25) is 0 Å². The smallest absolute Gasteiger partial charge is 0.264 e. The number of nitrogens with zero attached hydrogens (tertiary/aromatic N) is 4. The summed E-state index contributed by atoms with van der Waals surface area (Å²) in [5, 5.41) is 31.0. The van der Waals surface area contributed by atoms with Crippen molar-refractivity contribution in [3.63, 3.8) is 0 Å². The summed E-state index contributed by atoms with van der Waals surface area (Å²) in [7, 11) is -1.15. The number of rotatable bonds is 9. The predicted molar refractivity (Wildman–Crippen MR) is 159 cm³/mol. The second kappa shape index (κ2) is 11.3. The van der Waals surface area contributed by atoms with Crippen molar-refractivity contribution < 1.29 is 29.3 Å². The lowest BCUT2D eigenvalue weighted by molar-refractivity contribution is -0.145. The number of aliphatic hydroxyl groups excluding tert-OH is 2. The zero-order valence-corrected chi connectivity index (χ0v) is 25.6. The molecule has 11 nitrogen and oxygen atoms in total. The van der Waals surface area contributed by atoms with Gasteiger partial charge >= 0.3 is 0 Å². The summed E-state index contributed by atoms with van der Waals surface area (Å²) in [5.74, 6) is -1.42. The number of amides is 2. The molecule has 224 valence electrons. The van der Waals surface area contributed by atoms with Gasteiger partial charge in [-0.3, -0.25) is 14.3 Å². The van der Waals surface area contributed by atoms with Crippen LogP contribution < -0.4 is 10.2 Å². The number of fused-ring (bicyclic) bond motifs is 2. The van der Waals surface area contributed by atoms with Gasteiger partial charge < -0.3 is 30.0 Å². The van der Waals surface area contributed by atoms with Gasteiger partial charge in [0.25, 0.3) is 11.8 Å². The number of carbonyl (C=O) groups excluding carboxylic acids is 2. The molecule has 1 spiro atoms.